The van der Waals surface area contributed by atoms with Crippen molar-refractivity contribution >= 4 is 32.4 Å². The van der Waals surface area contributed by atoms with Crippen molar-refractivity contribution in [3.8, 4) is 0 Å². The SMILES string of the molecule is CC[C@@H](NC(=O)CN(c1cccc2ccccc12)S(C)(=O)=O)c1ccccc1. The van der Waals surface area contributed by atoms with E-state index in [1.165, 1.54) is 4.31 Å². The average Bonchev–Trinajstić information content (AvgIpc) is 2.70. The van der Waals surface area contributed by atoms with Gasteiger partial charge in [-0.05, 0) is 23.4 Å². The van der Waals surface area contributed by atoms with Crippen LogP contribution in [0.15, 0.2) is 72.8 Å². The molecule has 3 aromatic rings. The van der Waals surface area contributed by atoms with Gasteiger partial charge in [-0.15, -0.1) is 0 Å². The maximum Gasteiger partial charge on any atom is 0.241 e. The number of rotatable bonds is 7. The van der Waals surface area contributed by atoms with Crippen molar-refractivity contribution in [3.63, 3.8) is 0 Å². The van der Waals surface area contributed by atoms with Crippen LogP contribution in [0.4, 0.5) is 5.69 Å². The van der Waals surface area contributed by atoms with Crippen molar-refractivity contribution < 1.29 is 13.2 Å². The van der Waals surface area contributed by atoms with Crippen molar-refractivity contribution in [2.75, 3.05) is 17.1 Å². The predicted molar refractivity (Wildman–Crippen MR) is 114 cm³/mol. The van der Waals surface area contributed by atoms with Gasteiger partial charge in [-0.3, -0.25) is 9.10 Å². The Morgan fingerprint density at radius 1 is 0.964 bits per heavy atom. The van der Waals surface area contributed by atoms with Crippen LogP contribution in [0.2, 0.25) is 0 Å². The molecule has 0 radical (unpaired) electrons. The van der Waals surface area contributed by atoms with Gasteiger partial charge in [0.15, 0.2) is 0 Å². The lowest BCUT2D eigenvalue weighted by atomic mass is 10.0. The first-order chi connectivity index (χ1) is 13.4. The fourth-order valence-electron chi connectivity index (χ4n) is 3.28. The Bertz CT molecular complexity index is 1060. The van der Waals surface area contributed by atoms with E-state index in [4.69, 9.17) is 0 Å². The van der Waals surface area contributed by atoms with E-state index in [1.807, 2.05) is 67.6 Å². The van der Waals surface area contributed by atoms with Crippen LogP contribution in [0, 0.1) is 0 Å². The number of nitrogens with zero attached hydrogens (tertiary/aromatic N) is 1. The molecule has 0 fully saturated rings. The lowest BCUT2D eigenvalue weighted by Crippen LogP contribution is -2.41. The second-order valence-corrected chi connectivity index (χ2v) is 8.61. The normalized spacial score (nSPS) is 12.5. The van der Waals surface area contributed by atoms with Crippen molar-refractivity contribution in [2.24, 2.45) is 0 Å². The van der Waals surface area contributed by atoms with Crippen LogP contribution in [0.3, 0.4) is 0 Å². The van der Waals surface area contributed by atoms with Gasteiger partial charge in [0.2, 0.25) is 15.9 Å². The molecule has 28 heavy (non-hydrogen) atoms. The molecular formula is C22H24N2O3S. The monoisotopic (exact) mass is 396 g/mol. The van der Waals surface area contributed by atoms with Crippen LogP contribution >= 0.6 is 0 Å². The van der Waals surface area contributed by atoms with E-state index in [0.717, 1.165) is 22.6 Å². The molecule has 0 aliphatic rings. The Morgan fingerprint density at radius 3 is 2.29 bits per heavy atom. The van der Waals surface area contributed by atoms with E-state index in [9.17, 15) is 13.2 Å². The highest BCUT2D eigenvalue weighted by Crippen LogP contribution is 2.28. The third-order valence-corrected chi connectivity index (χ3v) is 5.79. The number of benzene rings is 3. The number of carbonyl (C=O) groups is 1. The first-order valence-corrected chi connectivity index (χ1v) is 11.0. The fraction of sp³-hybridized carbons (Fsp3) is 0.227. The molecule has 6 heteroatoms. The van der Waals surface area contributed by atoms with E-state index in [2.05, 4.69) is 5.32 Å². The summed E-state index contributed by atoms with van der Waals surface area (Å²) in [5.74, 6) is -0.339. The van der Waals surface area contributed by atoms with Gasteiger partial charge >= 0.3 is 0 Å². The van der Waals surface area contributed by atoms with Crippen LogP contribution in [0.1, 0.15) is 24.9 Å². The minimum absolute atomic E-state index is 0.164. The van der Waals surface area contributed by atoms with Crippen LogP contribution in [0.5, 0.6) is 0 Å². The van der Waals surface area contributed by atoms with E-state index in [1.54, 1.807) is 12.1 Å². The van der Waals surface area contributed by atoms with Crippen molar-refractivity contribution in [3.05, 3.63) is 78.4 Å². The molecule has 0 bridgehead atoms. The van der Waals surface area contributed by atoms with E-state index in [0.29, 0.717) is 12.1 Å². The summed E-state index contributed by atoms with van der Waals surface area (Å²) < 4.78 is 26.1. The first kappa shape index (κ1) is 19.9. The van der Waals surface area contributed by atoms with Crippen LogP contribution in [0.25, 0.3) is 10.8 Å². The predicted octanol–water partition coefficient (Wildman–Crippen LogP) is 3.87. The van der Waals surface area contributed by atoms with Gasteiger partial charge in [-0.2, -0.15) is 0 Å². The Morgan fingerprint density at radius 2 is 1.61 bits per heavy atom. The minimum Gasteiger partial charge on any atom is -0.348 e. The summed E-state index contributed by atoms with van der Waals surface area (Å²) in [4.78, 5) is 12.7. The maximum absolute atomic E-state index is 12.7. The maximum atomic E-state index is 12.7. The van der Waals surface area contributed by atoms with Gasteiger partial charge in [-0.1, -0.05) is 73.7 Å². The van der Waals surface area contributed by atoms with Gasteiger partial charge in [0, 0.05) is 5.39 Å². The van der Waals surface area contributed by atoms with Gasteiger partial charge < -0.3 is 5.32 Å². The molecule has 1 amide bonds. The van der Waals surface area contributed by atoms with E-state index in [-0.39, 0.29) is 18.5 Å². The molecule has 0 aromatic heterocycles. The van der Waals surface area contributed by atoms with E-state index >= 15 is 0 Å². The fourth-order valence-corrected chi connectivity index (χ4v) is 4.15. The lowest BCUT2D eigenvalue weighted by Gasteiger charge is -2.25. The highest BCUT2D eigenvalue weighted by molar-refractivity contribution is 7.92. The van der Waals surface area contributed by atoms with Gasteiger partial charge in [0.1, 0.15) is 6.54 Å². The highest BCUT2D eigenvalue weighted by atomic mass is 32.2. The molecule has 0 aliphatic carbocycles. The lowest BCUT2D eigenvalue weighted by molar-refractivity contribution is -0.120. The third-order valence-electron chi connectivity index (χ3n) is 4.67. The van der Waals surface area contributed by atoms with Crippen LogP contribution < -0.4 is 9.62 Å². The third kappa shape index (κ3) is 4.51. The second kappa shape index (κ2) is 8.44. The van der Waals surface area contributed by atoms with Crippen LogP contribution in [-0.4, -0.2) is 27.1 Å². The summed E-state index contributed by atoms with van der Waals surface area (Å²) in [7, 11) is -3.64. The number of hydrogen-bond donors (Lipinski definition) is 1. The molecular weight excluding hydrogens is 372 g/mol. The molecule has 0 spiro atoms. The first-order valence-electron chi connectivity index (χ1n) is 9.20. The number of hydrogen-bond acceptors (Lipinski definition) is 3. The largest absolute Gasteiger partial charge is 0.348 e. The van der Waals surface area contributed by atoms with Gasteiger partial charge in [-0.25, -0.2) is 8.42 Å². The molecule has 0 unspecified atom stereocenters. The Kier molecular flexibility index (Phi) is 5.99. The number of sulfonamides is 1. The van der Waals surface area contributed by atoms with Crippen molar-refractivity contribution in [2.45, 2.75) is 19.4 Å². The van der Waals surface area contributed by atoms with Crippen molar-refractivity contribution in [1.29, 1.82) is 0 Å². The summed E-state index contributed by atoms with van der Waals surface area (Å²) in [6, 6.07) is 22.5. The minimum atomic E-state index is -3.64. The molecule has 5 nitrogen and oxygen atoms in total. The summed E-state index contributed by atoms with van der Waals surface area (Å²) in [6.07, 6.45) is 1.83. The highest BCUT2D eigenvalue weighted by Gasteiger charge is 2.23. The summed E-state index contributed by atoms with van der Waals surface area (Å²) in [6.45, 7) is 1.72. The topological polar surface area (TPSA) is 66.5 Å². The second-order valence-electron chi connectivity index (χ2n) is 6.71. The number of amides is 1. The number of carbonyl (C=O) groups excluding carboxylic acids is 1. The van der Waals surface area contributed by atoms with Crippen molar-refractivity contribution in [1.82, 2.24) is 5.32 Å². The molecule has 3 aromatic carbocycles. The molecule has 0 saturated heterocycles. The summed E-state index contributed by atoms with van der Waals surface area (Å²) in [5, 5.41) is 4.67. The molecule has 0 saturated carbocycles. The Labute approximate surface area is 166 Å². The smallest absolute Gasteiger partial charge is 0.241 e. The van der Waals surface area contributed by atoms with E-state index < -0.39 is 10.0 Å². The molecule has 0 aliphatic heterocycles. The summed E-state index contributed by atoms with van der Waals surface area (Å²) in [5.41, 5.74) is 1.50. The molecule has 0 heterocycles. The van der Waals surface area contributed by atoms with Crippen LogP contribution in [-0.2, 0) is 14.8 Å². The standard InChI is InChI=1S/C22H24N2O3S/c1-3-20(18-11-5-4-6-12-18)23-22(25)16-24(28(2,26)27)21-15-9-13-17-10-7-8-14-19(17)21/h4-15,20H,3,16H2,1-2H3,(H,23,25)/t20-/m1/s1. The number of fused-ring (bicyclic) bond motifs is 1. The molecule has 3 rings (SSSR count). The Hall–Kier alpha value is -2.86. The van der Waals surface area contributed by atoms with Gasteiger partial charge in [0.25, 0.3) is 0 Å². The van der Waals surface area contributed by atoms with Gasteiger partial charge in [0.05, 0.1) is 18.0 Å². The molecule has 1 atom stereocenters. The molecule has 1 N–H and O–H groups in total. The zero-order valence-corrected chi connectivity index (χ0v) is 16.8. The Balaban J connectivity index is 1.88. The molecule has 146 valence electrons. The zero-order chi connectivity index (χ0) is 20.1. The number of nitrogens with one attached hydrogen (secondary N) is 1. The quantitative estimate of drug-likeness (QED) is 0.659. The zero-order valence-electron chi connectivity index (χ0n) is 16.0. The average molecular weight is 397 g/mol. The summed E-state index contributed by atoms with van der Waals surface area (Å²) >= 11 is 0. The number of anilines is 1.